The quantitative estimate of drug-likeness (QED) is 0.811. The van der Waals surface area contributed by atoms with Crippen LogP contribution in [0.1, 0.15) is 38.7 Å². The van der Waals surface area contributed by atoms with Crippen LogP contribution in [0.15, 0.2) is 24.3 Å². The van der Waals surface area contributed by atoms with Crippen molar-refractivity contribution < 1.29 is 9.90 Å². The maximum Gasteiger partial charge on any atom is 0.214 e. The van der Waals surface area contributed by atoms with Crippen LogP contribution in [0.3, 0.4) is 0 Å². The van der Waals surface area contributed by atoms with Gasteiger partial charge >= 0.3 is 0 Å². The Kier molecular flexibility index (Phi) is 3.20. The van der Waals surface area contributed by atoms with Gasteiger partial charge in [0.1, 0.15) is 0 Å². The summed E-state index contributed by atoms with van der Waals surface area (Å²) < 4.78 is 0. The summed E-state index contributed by atoms with van der Waals surface area (Å²) in [5.74, 6) is 0. The topological polar surface area (TPSA) is 40.5 Å². The molecule has 3 nitrogen and oxygen atoms in total. The average Bonchev–Trinajstić information content (AvgIpc) is 2.27. The smallest absolute Gasteiger partial charge is 0.214 e. The van der Waals surface area contributed by atoms with Gasteiger partial charge in [-0.1, -0.05) is 12.1 Å². The van der Waals surface area contributed by atoms with Crippen LogP contribution in [0.25, 0.3) is 0 Å². The number of benzene rings is 1. The zero-order chi connectivity index (χ0) is 12.5. The Balaban J connectivity index is 2.20. The third kappa shape index (κ3) is 2.20. The highest BCUT2D eigenvalue weighted by molar-refractivity contribution is 5.75. The van der Waals surface area contributed by atoms with E-state index in [1.807, 2.05) is 38.1 Å². The van der Waals surface area contributed by atoms with Gasteiger partial charge in [0.05, 0.1) is 5.60 Å². The number of aliphatic hydroxyl groups is 1. The zero-order valence-corrected chi connectivity index (χ0v) is 10.4. The number of rotatable bonds is 4. The van der Waals surface area contributed by atoms with E-state index >= 15 is 0 Å². The highest BCUT2D eigenvalue weighted by atomic mass is 16.3. The molecule has 1 aromatic carbocycles. The van der Waals surface area contributed by atoms with Crippen LogP contribution < -0.4 is 4.90 Å². The van der Waals surface area contributed by atoms with E-state index in [0.29, 0.717) is 0 Å². The third-order valence-electron chi connectivity index (χ3n) is 3.55. The third-order valence-corrected chi connectivity index (χ3v) is 3.55. The van der Waals surface area contributed by atoms with Gasteiger partial charge in [0.25, 0.3) is 0 Å². The molecule has 0 bridgehead atoms. The lowest BCUT2D eigenvalue weighted by Gasteiger charge is -2.37. The van der Waals surface area contributed by atoms with E-state index in [1.165, 1.54) is 0 Å². The van der Waals surface area contributed by atoms with E-state index in [-0.39, 0.29) is 6.04 Å². The highest BCUT2D eigenvalue weighted by Gasteiger charge is 2.35. The summed E-state index contributed by atoms with van der Waals surface area (Å²) in [6.07, 6.45) is 3.62. The van der Waals surface area contributed by atoms with Crippen molar-refractivity contribution in [3.8, 4) is 0 Å². The number of amides is 1. The molecule has 0 aliphatic heterocycles. The highest BCUT2D eigenvalue weighted by Crippen LogP contribution is 2.41. The maximum atomic E-state index is 11.0. The molecule has 1 amide bonds. The van der Waals surface area contributed by atoms with Crippen LogP contribution in [-0.2, 0) is 10.4 Å². The second kappa shape index (κ2) is 4.49. The molecule has 0 spiro atoms. The normalized spacial score (nSPS) is 17.6. The van der Waals surface area contributed by atoms with E-state index in [1.54, 1.807) is 4.90 Å². The summed E-state index contributed by atoms with van der Waals surface area (Å²) in [7, 11) is 0. The van der Waals surface area contributed by atoms with Crippen LogP contribution in [0.5, 0.6) is 0 Å². The number of nitrogens with zero attached hydrogens (tertiary/aromatic N) is 1. The minimum absolute atomic E-state index is 0.144. The van der Waals surface area contributed by atoms with Crippen LogP contribution >= 0.6 is 0 Å². The maximum absolute atomic E-state index is 11.0. The molecule has 0 radical (unpaired) electrons. The Labute approximate surface area is 102 Å². The zero-order valence-electron chi connectivity index (χ0n) is 10.4. The lowest BCUT2D eigenvalue weighted by molar-refractivity contribution is -0.107. The minimum Gasteiger partial charge on any atom is -0.385 e. The first-order chi connectivity index (χ1) is 8.07. The lowest BCUT2D eigenvalue weighted by Crippen LogP contribution is -2.33. The summed E-state index contributed by atoms with van der Waals surface area (Å²) in [6.45, 7) is 3.95. The van der Waals surface area contributed by atoms with Gasteiger partial charge in [0.15, 0.2) is 0 Å². The fourth-order valence-electron chi connectivity index (χ4n) is 2.22. The van der Waals surface area contributed by atoms with Crippen LogP contribution in [0.2, 0.25) is 0 Å². The predicted octanol–water partition coefficient (Wildman–Crippen LogP) is 2.43. The van der Waals surface area contributed by atoms with Crippen molar-refractivity contribution in [2.75, 3.05) is 4.90 Å². The molecule has 1 aromatic rings. The molecule has 0 aromatic heterocycles. The molecule has 0 atom stereocenters. The van der Waals surface area contributed by atoms with Gasteiger partial charge in [-0.05, 0) is 50.8 Å². The van der Waals surface area contributed by atoms with Gasteiger partial charge in [-0.15, -0.1) is 0 Å². The first-order valence-electron chi connectivity index (χ1n) is 6.13. The lowest BCUT2D eigenvalue weighted by atomic mass is 9.75. The van der Waals surface area contributed by atoms with Crippen LogP contribution in [-0.4, -0.2) is 17.6 Å². The van der Waals surface area contributed by atoms with Crippen molar-refractivity contribution in [3.63, 3.8) is 0 Å². The molecule has 1 aliphatic rings. The molecule has 17 heavy (non-hydrogen) atoms. The van der Waals surface area contributed by atoms with Crippen molar-refractivity contribution in [1.29, 1.82) is 0 Å². The fraction of sp³-hybridized carbons (Fsp3) is 0.500. The van der Waals surface area contributed by atoms with Gasteiger partial charge in [-0.3, -0.25) is 4.79 Å². The number of hydrogen-bond acceptors (Lipinski definition) is 2. The van der Waals surface area contributed by atoms with Gasteiger partial charge < -0.3 is 10.0 Å². The molecule has 0 unspecified atom stereocenters. The van der Waals surface area contributed by atoms with E-state index in [2.05, 4.69) is 0 Å². The molecule has 1 fully saturated rings. The standard InChI is InChI=1S/C14H19NO2/c1-11(2)15(10-16)13-6-4-12(5-7-13)14(17)8-3-9-14/h4-7,10-11,17H,3,8-9H2,1-2H3. The minimum atomic E-state index is -0.623. The number of anilines is 1. The SMILES string of the molecule is CC(C)N(C=O)c1ccc(C2(O)CCC2)cc1. The molecule has 3 heteroatoms. The molecule has 92 valence electrons. The summed E-state index contributed by atoms with van der Waals surface area (Å²) in [5, 5.41) is 10.2. The predicted molar refractivity (Wildman–Crippen MR) is 67.9 cm³/mol. The van der Waals surface area contributed by atoms with Gasteiger partial charge in [-0.25, -0.2) is 0 Å². The van der Waals surface area contributed by atoms with E-state index in [4.69, 9.17) is 0 Å². The van der Waals surface area contributed by atoms with E-state index in [9.17, 15) is 9.90 Å². The summed E-state index contributed by atoms with van der Waals surface area (Å²) in [4.78, 5) is 12.6. The van der Waals surface area contributed by atoms with Crippen molar-refractivity contribution in [2.24, 2.45) is 0 Å². The monoisotopic (exact) mass is 233 g/mol. The molecule has 2 rings (SSSR count). The van der Waals surface area contributed by atoms with Crippen molar-refractivity contribution in [1.82, 2.24) is 0 Å². The summed E-state index contributed by atoms with van der Waals surface area (Å²) in [6, 6.07) is 7.80. The fourth-order valence-corrected chi connectivity index (χ4v) is 2.22. The van der Waals surface area contributed by atoms with E-state index in [0.717, 1.165) is 36.9 Å². The number of carbonyl (C=O) groups is 1. The summed E-state index contributed by atoms with van der Waals surface area (Å²) >= 11 is 0. The second-order valence-electron chi connectivity index (χ2n) is 5.04. The van der Waals surface area contributed by atoms with Crippen LogP contribution in [0.4, 0.5) is 5.69 Å². The molecule has 0 heterocycles. The molecule has 0 saturated heterocycles. The molecular weight excluding hydrogens is 214 g/mol. The van der Waals surface area contributed by atoms with Crippen molar-refractivity contribution in [2.45, 2.75) is 44.8 Å². The van der Waals surface area contributed by atoms with Crippen molar-refractivity contribution in [3.05, 3.63) is 29.8 Å². The number of carbonyl (C=O) groups excluding carboxylic acids is 1. The average molecular weight is 233 g/mol. The Morgan fingerprint density at radius 2 is 1.88 bits per heavy atom. The van der Waals surface area contributed by atoms with Gasteiger partial charge in [-0.2, -0.15) is 0 Å². The first-order valence-corrected chi connectivity index (χ1v) is 6.13. The summed E-state index contributed by atoms with van der Waals surface area (Å²) in [5.41, 5.74) is 1.21. The Bertz CT molecular complexity index is 393. The van der Waals surface area contributed by atoms with Crippen LogP contribution in [0, 0.1) is 0 Å². The van der Waals surface area contributed by atoms with Gasteiger partial charge in [0, 0.05) is 11.7 Å². The number of hydrogen-bond donors (Lipinski definition) is 1. The first kappa shape index (κ1) is 12.1. The molecule has 1 N–H and O–H groups in total. The van der Waals surface area contributed by atoms with Gasteiger partial charge in [0.2, 0.25) is 6.41 Å². The molecule has 1 aliphatic carbocycles. The van der Waals surface area contributed by atoms with E-state index < -0.39 is 5.60 Å². The second-order valence-corrected chi connectivity index (χ2v) is 5.04. The Morgan fingerprint density at radius 1 is 1.29 bits per heavy atom. The Hall–Kier alpha value is -1.35. The molecule has 1 saturated carbocycles. The Morgan fingerprint density at radius 3 is 2.24 bits per heavy atom. The van der Waals surface area contributed by atoms with Crippen molar-refractivity contribution >= 4 is 12.1 Å². The molecular formula is C14H19NO2. The largest absolute Gasteiger partial charge is 0.385 e.